The molecular formula is C14H22ClNO. The Balaban J connectivity index is 2.58. The molecule has 0 radical (unpaired) electrons. The van der Waals surface area contributed by atoms with E-state index in [2.05, 4.69) is 25.2 Å². The summed E-state index contributed by atoms with van der Waals surface area (Å²) in [5.74, 6) is 0.671. The number of benzene rings is 1. The molecule has 0 aromatic heterocycles. The molecule has 2 nitrogen and oxygen atoms in total. The predicted octanol–water partition coefficient (Wildman–Crippen LogP) is 3.66. The quantitative estimate of drug-likeness (QED) is 0.803. The molecule has 1 rings (SSSR count). The summed E-state index contributed by atoms with van der Waals surface area (Å²) in [5.41, 5.74) is 1.13. The monoisotopic (exact) mass is 255 g/mol. The van der Waals surface area contributed by atoms with Crippen LogP contribution in [-0.2, 0) is 4.74 Å². The first-order chi connectivity index (χ1) is 8.13. The van der Waals surface area contributed by atoms with Crippen molar-refractivity contribution in [1.29, 1.82) is 0 Å². The van der Waals surface area contributed by atoms with Crippen molar-refractivity contribution >= 4 is 11.6 Å². The van der Waals surface area contributed by atoms with Gasteiger partial charge in [0.05, 0.1) is 6.10 Å². The van der Waals surface area contributed by atoms with E-state index < -0.39 is 0 Å². The Morgan fingerprint density at radius 3 is 2.71 bits per heavy atom. The minimum Gasteiger partial charge on any atom is -0.372 e. The fourth-order valence-corrected chi connectivity index (χ4v) is 1.81. The van der Waals surface area contributed by atoms with E-state index in [-0.39, 0.29) is 6.10 Å². The Morgan fingerprint density at radius 1 is 1.35 bits per heavy atom. The standard InChI is InChI=1S/C14H22ClNO/c1-11(2)7-8-17-14(10-16-3)12-5-4-6-13(15)9-12/h4-6,9,11,14,16H,7-8,10H2,1-3H3. The van der Waals surface area contributed by atoms with Crippen molar-refractivity contribution in [2.45, 2.75) is 26.4 Å². The van der Waals surface area contributed by atoms with Crippen LogP contribution in [0.25, 0.3) is 0 Å². The average Bonchev–Trinajstić information content (AvgIpc) is 2.27. The van der Waals surface area contributed by atoms with E-state index in [1.54, 1.807) is 0 Å². The topological polar surface area (TPSA) is 21.3 Å². The van der Waals surface area contributed by atoms with Gasteiger partial charge in [-0.15, -0.1) is 0 Å². The minimum absolute atomic E-state index is 0.0810. The van der Waals surface area contributed by atoms with Crippen LogP contribution in [-0.4, -0.2) is 20.2 Å². The van der Waals surface area contributed by atoms with Crippen LogP contribution >= 0.6 is 11.6 Å². The molecule has 1 aromatic rings. The molecule has 0 bridgehead atoms. The summed E-state index contributed by atoms with van der Waals surface area (Å²) in [6, 6.07) is 7.88. The Kier molecular flexibility index (Phi) is 6.56. The highest BCUT2D eigenvalue weighted by molar-refractivity contribution is 6.30. The third-order valence-electron chi connectivity index (χ3n) is 2.62. The third-order valence-corrected chi connectivity index (χ3v) is 2.86. The lowest BCUT2D eigenvalue weighted by atomic mass is 10.1. The van der Waals surface area contributed by atoms with E-state index >= 15 is 0 Å². The van der Waals surface area contributed by atoms with Crippen LogP contribution in [0.2, 0.25) is 5.02 Å². The van der Waals surface area contributed by atoms with Gasteiger partial charge in [-0.3, -0.25) is 0 Å². The molecule has 0 saturated carbocycles. The number of hydrogen-bond donors (Lipinski definition) is 1. The highest BCUT2D eigenvalue weighted by Gasteiger charge is 2.11. The van der Waals surface area contributed by atoms with Crippen molar-refractivity contribution < 1.29 is 4.74 Å². The Bertz CT molecular complexity index is 328. The fourth-order valence-electron chi connectivity index (χ4n) is 1.61. The molecule has 0 aliphatic rings. The van der Waals surface area contributed by atoms with Gasteiger partial charge in [0.2, 0.25) is 0 Å². The Hall–Kier alpha value is -0.570. The molecule has 17 heavy (non-hydrogen) atoms. The molecule has 0 amide bonds. The molecule has 1 unspecified atom stereocenters. The zero-order valence-corrected chi connectivity index (χ0v) is 11.6. The SMILES string of the molecule is CNCC(OCCC(C)C)c1cccc(Cl)c1. The summed E-state index contributed by atoms with van der Waals surface area (Å²) >= 11 is 6.00. The maximum atomic E-state index is 6.00. The second-order valence-electron chi connectivity index (χ2n) is 4.65. The number of rotatable bonds is 7. The van der Waals surface area contributed by atoms with Gasteiger partial charge in [0.25, 0.3) is 0 Å². The van der Waals surface area contributed by atoms with Gasteiger partial charge in [0.1, 0.15) is 0 Å². The molecule has 3 heteroatoms. The van der Waals surface area contributed by atoms with Crippen molar-refractivity contribution in [3.63, 3.8) is 0 Å². The van der Waals surface area contributed by atoms with Crippen molar-refractivity contribution in [1.82, 2.24) is 5.32 Å². The van der Waals surface area contributed by atoms with Gasteiger partial charge < -0.3 is 10.1 Å². The van der Waals surface area contributed by atoms with E-state index in [0.717, 1.165) is 30.2 Å². The van der Waals surface area contributed by atoms with E-state index in [4.69, 9.17) is 16.3 Å². The summed E-state index contributed by atoms with van der Waals surface area (Å²) < 4.78 is 5.91. The molecule has 0 saturated heterocycles. The maximum absolute atomic E-state index is 6.00. The van der Waals surface area contributed by atoms with Crippen LogP contribution in [0.4, 0.5) is 0 Å². The van der Waals surface area contributed by atoms with Crippen LogP contribution < -0.4 is 5.32 Å². The highest BCUT2D eigenvalue weighted by atomic mass is 35.5. The third kappa shape index (κ3) is 5.53. The lowest BCUT2D eigenvalue weighted by Crippen LogP contribution is -2.20. The fraction of sp³-hybridized carbons (Fsp3) is 0.571. The van der Waals surface area contributed by atoms with Crippen LogP contribution in [0.1, 0.15) is 31.9 Å². The van der Waals surface area contributed by atoms with E-state index in [1.807, 2.05) is 25.2 Å². The first-order valence-corrected chi connectivity index (χ1v) is 6.53. The molecular weight excluding hydrogens is 234 g/mol. The number of nitrogens with one attached hydrogen (secondary N) is 1. The molecule has 1 atom stereocenters. The van der Waals surface area contributed by atoms with Crippen molar-refractivity contribution in [2.24, 2.45) is 5.92 Å². The first-order valence-electron chi connectivity index (χ1n) is 6.15. The van der Waals surface area contributed by atoms with Gasteiger partial charge in [-0.2, -0.15) is 0 Å². The van der Waals surface area contributed by atoms with Crippen LogP contribution in [0.5, 0.6) is 0 Å². The number of likely N-dealkylation sites (N-methyl/N-ethyl adjacent to an activating group) is 1. The molecule has 0 heterocycles. The molecule has 1 aromatic carbocycles. The maximum Gasteiger partial charge on any atom is 0.0949 e. The zero-order chi connectivity index (χ0) is 12.7. The summed E-state index contributed by atoms with van der Waals surface area (Å²) in [6.45, 7) is 6.00. The van der Waals surface area contributed by atoms with Crippen LogP contribution in [0.15, 0.2) is 24.3 Å². The molecule has 0 fully saturated rings. The zero-order valence-electron chi connectivity index (χ0n) is 10.9. The van der Waals surface area contributed by atoms with Gasteiger partial charge >= 0.3 is 0 Å². The number of hydrogen-bond acceptors (Lipinski definition) is 2. The number of halogens is 1. The summed E-state index contributed by atoms with van der Waals surface area (Å²) in [6.07, 6.45) is 1.17. The van der Waals surface area contributed by atoms with Crippen LogP contribution in [0.3, 0.4) is 0 Å². The van der Waals surface area contributed by atoms with E-state index in [0.29, 0.717) is 5.92 Å². The smallest absolute Gasteiger partial charge is 0.0949 e. The Morgan fingerprint density at radius 2 is 2.12 bits per heavy atom. The Labute approximate surface area is 109 Å². The molecule has 0 aliphatic carbocycles. The first kappa shape index (κ1) is 14.5. The van der Waals surface area contributed by atoms with Gasteiger partial charge in [0, 0.05) is 18.2 Å². The number of ether oxygens (including phenoxy) is 1. The molecule has 96 valence electrons. The van der Waals surface area contributed by atoms with Crippen molar-refractivity contribution in [2.75, 3.05) is 20.2 Å². The van der Waals surface area contributed by atoms with Crippen molar-refractivity contribution in [3.05, 3.63) is 34.9 Å². The van der Waals surface area contributed by atoms with Gasteiger partial charge in [0.15, 0.2) is 0 Å². The molecule has 1 N–H and O–H groups in total. The largest absolute Gasteiger partial charge is 0.372 e. The average molecular weight is 256 g/mol. The lowest BCUT2D eigenvalue weighted by molar-refractivity contribution is 0.0470. The summed E-state index contributed by atoms with van der Waals surface area (Å²) in [7, 11) is 1.93. The van der Waals surface area contributed by atoms with Crippen molar-refractivity contribution in [3.8, 4) is 0 Å². The van der Waals surface area contributed by atoms with E-state index in [1.165, 1.54) is 0 Å². The summed E-state index contributed by atoms with van der Waals surface area (Å²) in [4.78, 5) is 0. The minimum atomic E-state index is 0.0810. The highest BCUT2D eigenvalue weighted by Crippen LogP contribution is 2.21. The van der Waals surface area contributed by atoms with Gasteiger partial charge in [-0.1, -0.05) is 37.6 Å². The van der Waals surface area contributed by atoms with Gasteiger partial charge in [-0.05, 0) is 37.1 Å². The van der Waals surface area contributed by atoms with Crippen LogP contribution in [0, 0.1) is 5.92 Å². The molecule has 0 aliphatic heterocycles. The second-order valence-corrected chi connectivity index (χ2v) is 5.09. The molecule has 0 spiro atoms. The lowest BCUT2D eigenvalue weighted by Gasteiger charge is -2.19. The van der Waals surface area contributed by atoms with E-state index in [9.17, 15) is 0 Å². The summed E-state index contributed by atoms with van der Waals surface area (Å²) in [5, 5.41) is 3.92. The van der Waals surface area contributed by atoms with Gasteiger partial charge in [-0.25, -0.2) is 0 Å². The second kappa shape index (κ2) is 7.70. The normalized spacial score (nSPS) is 13.0. The predicted molar refractivity (Wildman–Crippen MR) is 73.5 cm³/mol.